The quantitative estimate of drug-likeness (QED) is 0.139. The maximum atomic E-state index is 12.3. The monoisotopic (exact) mass is 954 g/mol. The van der Waals surface area contributed by atoms with Crippen molar-refractivity contribution in [3.8, 4) is 46.2 Å². The number of hydrogen-bond acceptors (Lipinski definition) is 12. The molecular formula is C47H43BrN10O6S. The molecule has 2 saturated heterocycles. The molecular weight excluding hydrogens is 913 g/mol. The zero-order valence-corrected chi connectivity index (χ0v) is 38.0. The summed E-state index contributed by atoms with van der Waals surface area (Å²) in [6.07, 6.45) is 11.2. The molecule has 2 fully saturated rings. The molecule has 18 heteroatoms. The lowest BCUT2D eigenvalue weighted by Gasteiger charge is -2.25. The third kappa shape index (κ3) is 9.44. The molecule has 8 heterocycles. The fraction of sp³-hybridized carbons (Fsp3) is 0.234. The van der Waals surface area contributed by atoms with Crippen molar-refractivity contribution in [3.63, 3.8) is 0 Å². The second-order valence-electron chi connectivity index (χ2n) is 15.8. The van der Waals surface area contributed by atoms with Crippen LogP contribution in [-0.4, -0.2) is 89.2 Å². The van der Waals surface area contributed by atoms with Gasteiger partial charge in [0.2, 0.25) is 17.7 Å². The SMILES string of the molecule is CC(=O)N1CCCC1c1cc2[nH]c(-c3ccccn3)nc2cc1Oc1ccc(Br)cn1.CC(=O)N1CCCC1c1cc2[nH]c(-c3ccccn3)nc2cc1Oc1ccc(S(C)(=O)=O)nc1. The summed E-state index contributed by atoms with van der Waals surface area (Å²) in [7, 11) is -3.41. The van der Waals surface area contributed by atoms with Crippen LogP contribution in [0.15, 0.2) is 119 Å². The van der Waals surface area contributed by atoms with E-state index < -0.39 is 9.84 Å². The minimum Gasteiger partial charge on any atom is -0.455 e. The van der Waals surface area contributed by atoms with Crippen molar-refractivity contribution in [1.82, 2.24) is 49.7 Å². The van der Waals surface area contributed by atoms with E-state index >= 15 is 0 Å². The molecule has 0 radical (unpaired) electrons. The van der Waals surface area contributed by atoms with Crippen molar-refractivity contribution in [2.75, 3.05) is 19.3 Å². The number of rotatable bonds is 9. The third-order valence-electron chi connectivity index (χ3n) is 11.3. The third-order valence-corrected chi connectivity index (χ3v) is 12.8. The smallest absolute Gasteiger partial charge is 0.219 e. The van der Waals surface area contributed by atoms with Crippen LogP contribution in [-0.2, 0) is 19.4 Å². The molecule has 330 valence electrons. The molecule has 0 aliphatic carbocycles. The first-order chi connectivity index (χ1) is 31.4. The number of pyridine rings is 4. The number of likely N-dealkylation sites (tertiary alicyclic amines) is 2. The number of carbonyl (C=O) groups is 2. The zero-order valence-electron chi connectivity index (χ0n) is 35.6. The van der Waals surface area contributed by atoms with E-state index in [4.69, 9.17) is 14.5 Å². The first kappa shape index (κ1) is 43.2. The molecule has 6 aromatic heterocycles. The number of benzene rings is 2. The number of imidazole rings is 2. The Balaban J connectivity index is 0.000000165. The standard InChI is InChI=1S/C24H23N5O4S.C23H20BrN5O2/c1-15(30)29-11-5-7-21(29)17-12-19-20(28-24(27-19)18-6-3-4-10-25-18)13-22(17)33-16-8-9-23(26-14-16)34(2,31)32;1-14(30)29-10-4-6-20(29)16-11-18-19(28-23(27-18)17-5-2-3-9-25-17)12-21(16)31-22-8-7-15(24)13-26-22/h3-4,6,8-10,12-14,21H,5,7,11H2,1-2H3,(H,27,28);2-3,5,7-9,11-13,20H,4,6,10H2,1H3,(H,27,28). The van der Waals surface area contributed by atoms with Gasteiger partial charge in [-0.1, -0.05) is 12.1 Å². The summed E-state index contributed by atoms with van der Waals surface area (Å²) < 4.78 is 36.7. The van der Waals surface area contributed by atoms with E-state index in [-0.39, 0.29) is 28.9 Å². The van der Waals surface area contributed by atoms with Gasteiger partial charge in [-0.25, -0.2) is 28.4 Å². The van der Waals surface area contributed by atoms with Gasteiger partial charge in [0.15, 0.2) is 26.5 Å². The fourth-order valence-electron chi connectivity index (χ4n) is 8.30. The van der Waals surface area contributed by atoms with Crippen LogP contribution in [0, 0.1) is 0 Å². The number of nitrogens with zero attached hydrogens (tertiary/aromatic N) is 8. The van der Waals surface area contributed by atoms with Gasteiger partial charge in [-0.3, -0.25) is 19.6 Å². The predicted octanol–water partition coefficient (Wildman–Crippen LogP) is 9.16. The van der Waals surface area contributed by atoms with Crippen molar-refractivity contribution in [3.05, 3.63) is 125 Å². The van der Waals surface area contributed by atoms with E-state index in [1.807, 2.05) is 76.5 Å². The number of amides is 2. The molecule has 65 heavy (non-hydrogen) atoms. The maximum absolute atomic E-state index is 12.3. The number of nitrogens with one attached hydrogen (secondary N) is 2. The second kappa shape index (κ2) is 18.2. The fourth-order valence-corrected chi connectivity index (χ4v) is 9.09. The summed E-state index contributed by atoms with van der Waals surface area (Å²) in [5, 5.41) is -0.0265. The Morgan fingerprint density at radius 1 is 0.677 bits per heavy atom. The highest BCUT2D eigenvalue weighted by molar-refractivity contribution is 9.10. The Kier molecular flexibility index (Phi) is 12.1. The number of carbonyl (C=O) groups excluding carboxylic acids is 2. The maximum Gasteiger partial charge on any atom is 0.219 e. The molecule has 0 saturated carbocycles. The molecule has 10 rings (SSSR count). The number of H-pyrrole nitrogens is 2. The highest BCUT2D eigenvalue weighted by Crippen LogP contribution is 2.42. The first-order valence-electron chi connectivity index (χ1n) is 21.0. The van der Waals surface area contributed by atoms with Crippen molar-refractivity contribution >= 4 is 59.6 Å². The van der Waals surface area contributed by atoms with Gasteiger partial charge in [0.05, 0.1) is 40.3 Å². The summed E-state index contributed by atoms with van der Waals surface area (Å²) in [6.45, 7) is 4.62. The highest BCUT2D eigenvalue weighted by atomic mass is 79.9. The Bertz CT molecular complexity index is 3130. The molecule has 16 nitrogen and oxygen atoms in total. The van der Waals surface area contributed by atoms with Gasteiger partial charge >= 0.3 is 0 Å². The van der Waals surface area contributed by atoms with E-state index in [1.54, 1.807) is 44.6 Å². The van der Waals surface area contributed by atoms with Gasteiger partial charge in [-0.2, -0.15) is 0 Å². The van der Waals surface area contributed by atoms with Gasteiger partial charge in [0, 0.05) is 85.6 Å². The molecule has 2 atom stereocenters. The summed E-state index contributed by atoms with van der Waals surface area (Å²) in [4.78, 5) is 61.4. The van der Waals surface area contributed by atoms with Gasteiger partial charge < -0.3 is 29.2 Å². The van der Waals surface area contributed by atoms with E-state index in [2.05, 4.69) is 50.8 Å². The highest BCUT2D eigenvalue weighted by Gasteiger charge is 2.33. The molecule has 8 aromatic rings. The van der Waals surface area contributed by atoms with Crippen LogP contribution in [0.1, 0.15) is 62.7 Å². The topological polar surface area (TPSA) is 202 Å². The minimum absolute atomic E-state index is 0.00602. The van der Waals surface area contributed by atoms with Crippen molar-refractivity contribution < 1.29 is 27.5 Å². The summed E-state index contributed by atoms with van der Waals surface area (Å²) in [5.74, 6) is 3.46. The van der Waals surface area contributed by atoms with Crippen LogP contribution in [0.4, 0.5) is 0 Å². The number of sulfone groups is 1. The van der Waals surface area contributed by atoms with Gasteiger partial charge in [-0.15, -0.1) is 0 Å². The molecule has 2 unspecified atom stereocenters. The zero-order chi connectivity index (χ0) is 45.2. The van der Waals surface area contributed by atoms with E-state index in [0.717, 1.165) is 82.0 Å². The van der Waals surface area contributed by atoms with Crippen LogP contribution in [0.25, 0.3) is 45.1 Å². The molecule has 2 aromatic carbocycles. The number of fused-ring (bicyclic) bond motifs is 2. The molecule has 2 amide bonds. The Morgan fingerprint density at radius 2 is 1.23 bits per heavy atom. The number of aromatic nitrogens is 8. The molecule has 2 aliphatic heterocycles. The van der Waals surface area contributed by atoms with Crippen LogP contribution >= 0.6 is 15.9 Å². The van der Waals surface area contributed by atoms with Crippen molar-refractivity contribution in [1.29, 1.82) is 0 Å². The van der Waals surface area contributed by atoms with Gasteiger partial charge in [0.1, 0.15) is 28.6 Å². The number of hydrogen-bond donors (Lipinski definition) is 2. The number of ether oxygens (including phenoxy) is 2. The summed E-state index contributed by atoms with van der Waals surface area (Å²) >= 11 is 3.40. The normalized spacial score (nSPS) is 16.1. The number of aromatic amines is 2. The van der Waals surface area contributed by atoms with Crippen LogP contribution < -0.4 is 9.47 Å². The lowest BCUT2D eigenvalue weighted by Crippen LogP contribution is -2.28. The lowest BCUT2D eigenvalue weighted by molar-refractivity contribution is -0.130. The van der Waals surface area contributed by atoms with Crippen molar-refractivity contribution in [2.45, 2.75) is 56.6 Å². The minimum atomic E-state index is -3.41. The lowest BCUT2D eigenvalue weighted by atomic mass is 10.0. The predicted molar refractivity (Wildman–Crippen MR) is 247 cm³/mol. The van der Waals surface area contributed by atoms with Gasteiger partial charge in [0.25, 0.3) is 0 Å². The van der Waals surface area contributed by atoms with Crippen LogP contribution in [0.5, 0.6) is 23.1 Å². The molecule has 2 N–H and O–H groups in total. The average Bonchev–Trinajstić information content (AvgIpc) is 4.14. The van der Waals surface area contributed by atoms with Crippen LogP contribution in [0.3, 0.4) is 0 Å². The van der Waals surface area contributed by atoms with E-state index in [0.29, 0.717) is 46.8 Å². The van der Waals surface area contributed by atoms with E-state index in [9.17, 15) is 18.0 Å². The summed E-state index contributed by atoms with van der Waals surface area (Å²) in [5.41, 5.74) is 6.42. The Labute approximate surface area is 382 Å². The second-order valence-corrected chi connectivity index (χ2v) is 18.7. The average molecular weight is 956 g/mol. The molecule has 0 spiro atoms. The Morgan fingerprint density at radius 3 is 1.68 bits per heavy atom. The largest absolute Gasteiger partial charge is 0.455 e. The molecule has 2 aliphatic rings. The van der Waals surface area contributed by atoms with Crippen LogP contribution in [0.2, 0.25) is 0 Å². The van der Waals surface area contributed by atoms with Gasteiger partial charge in [-0.05, 0) is 96.2 Å². The summed E-state index contributed by atoms with van der Waals surface area (Å²) in [6, 6.07) is 25.5. The number of halogens is 1. The van der Waals surface area contributed by atoms with E-state index in [1.165, 1.54) is 12.3 Å². The molecule has 0 bridgehead atoms. The first-order valence-corrected chi connectivity index (χ1v) is 23.6. The van der Waals surface area contributed by atoms with Crippen molar-refractivity contribution in [2.24, 2.45) is 0 Å². The Hall–Kier alpha value is -7.05.